The molecule has 0 saturated heterocycles. The molecule has 17 heavy (non-hydrogen) atoms. The highest BCUT2D eigenvalue weighted by Gasteiger charge is 2.07. The Hall–Kier alpha value is -1.68. The predicted octanol–water partition coefficient (Wildman–Crippen LogP) is 1.88. The van der Waals surface area contributed by atoms with E-state index < -0.39 is 5.91 Å². The van der Waals surface area contributed by atoms with Crippen molar-refractivity contribution in [2.45, 2.75) is 6.54 Å². The summed E-state index contributed by atoms with van der Waals surface area (Å²) in [6.45, 7) is 0.709. The number of amides is 1. The maximum atomic E-state index is 11.1. The Bertz CT molecular complexity index is 555. The summed E-state index contributed by atoms with van der Waals surface area (Å²) in [4.78, 5) is 11.1. The van der Waals surface area contributed by atoms with Crippen LogP contribution in [-0.4, -0.2) is 5.91 Å². The van der Waals surface area contributed by atoms with E-state index in [2.05, 4.69) is 15.9 Å². The molecule has 1 aromatic heterocycles. The van der Waals surface area contributed by atoms with Crippen LogP contribution in [0.4, 0.5) is 0 Å². The third-order valence-corrected chi connectivity index (χ3v) is 2.89. The average molecular weight is 292 g/mol. The van der Waals surface area contributed by atoms with Crippen LogP contribution in [0.2, 0.25) is 0 Å². The molecule has 1 heterocycles. The van der Waals surface area contributed by atoms with Crippen molar-refractivity contribution in [3.8, 4) is 0 Å². The molecule has 0 aliphatic heterocycles. The van der Waals surface area contributed by atoms with Gasteiger partial charge in [-0.25, -0.2) is 0 Å². The first-order chi connectivity index (χ1) is 8.15. The highest BCUT2D eigenvalue weighted by molar-refractivity contribution is 9.10. The lowest BCUT2D eigenvalue weighted by Gasteiger charge is -1.99. The fraction of sp³-hybridized carbons (Fsp3) is 0.0769. The number of nitrogens with zero attached hydrogens (tertiary/aromatic N) is 1. The number of carbonyl (C=O) groups is 1. The van der Waals surface area contributed by atoms with Gasteiger partial charge in [-0.05, 0) is 18.2 Å². The molecule has 0 fully saturated rings. The molecule has 0 unspecified atom stereocenters. The first kappa shape index (κ1) is 11.8. The number of hydrogen-bond acceptors (Lipinski definition) is 1. The summed E-state index contributed by atoms with van der Waals surface area (Å²) in [6.07, 6.45) is 3.66. The molecule has 2 rings (SSSR count). The molecule has 0 aliphatic carbocycles. The molecule has 2 N–H and O–H groups in total. The second-order valence-corrected chi connectivity index (χ2v) is 4.67. The van der Waals surface area contributed by atoms with E-state index >= 15 is 0 Å². The summed E-state index contributed by atoms with van der Waals surface area (Å²) in [7, 11) is 0. The lowest BCUT2D eigenvalue weighted by atomic mass is 10.2. The highest BCUT2D eigenvalue weighted by Crippen LogP contribution is 2.11. The van der Waals surface area contributed by atoms with Gasteiger partial charge >= 0.3 is 0 Å². The number of benzene rings is 1. The fourth-order valence-electron chi connectivity index (χ4n) is 1.61. The van der Waals surface area contributed by atoms with E-state index in [0.717, 1.165) is 10.0 Å². The quantitative estimate of drug-likeness (QED) is 0.863. The Morgan fingerprint density at radius 3 is 2.82 bits per heavy atom. The van der Waals surface area contributed by atoms with Gasteiger partial charge in [0.25, 0.3) is 5.91 Å². The van der Waals surface area contributed by atoms with Crippen LogP contribution in [0.5, 0.6) is 0 Å². The van der Waals surface area contributed by atoms with Gasteiger partial charge in [-0.3, -0.25) is 4.79 Å². The minimum atomic E-state index is -0.409. The molecule has 0 bridgehead atoms. The van der Waals surface area contributed by atoms with E-state index in [9.17, 15) is 4.79 Å². The number of halogens is 1. The summed E-state index contributed by atoms with van der Waals surface area (Å²) < 4.78 is 2.98. The molecule has 3 nitrogen and oxygen atoms in total. The highest BCUT2D eigenvalue weighted by atomic mass is 79.9. The zero-order valence-corrected chi connectivity index (χ0v) is 10.7. The number of pyridine rings is 1. The van der Waals surface area contributed by atoms with Gasteiger partial charge in [-0.2, -0.15) is 4.57 Å². The number of rotatable bonds is 3. The largest absolute Gasteiger partial charge is 0.365 e. The van der Waals surface area contributed by atoms with Gasteiger partial charge in [0.05, 0.1) is 0 Å². The van der Waals surface area contributed by atoms with Crippen LogP contribution in [0.3, 0.4) is 0 Å². The van der Waals surface area contributed by atoms with Crippen molar-refractivity contribution < 1.29 is 9.36 Å². The molecule has 0 radical (unpaired) electrons. The van der Waals surface area contributed by atoms with Gasteiger partial charge < -0.3 is 5.73 Å². The minimum absolute atomic E-state index is 0.409. The monoisotopic (exact) mass is 291 g/mol. The Labute approximate surface area is 108 Å². The van der Waals surface area contributed by atoms with Gasteiger partial charge in [0, 0.05) is 16.1 Å². The molecule has 4 heteroatoms. The molecule has 1 aromatic carbocycles. The van der Waals surface area contributed by atoms with Gasteiger partial charge in [-0.15, -0.1) is 0 Å². The summed E-state index contributed by atoms with van der Waals surface area (Å²) in [5.74, 6) is -0.409. The van der Waals surface area contributed by atoms with Gasteiger partial charge in [0.2, 0.25) is 0 Å². The van der Waals surface area contributed by atoms with Gasteiger partial charge in [0.15, 0.2) is 18.9 Å². The maximum Gasteiger partial charge on any atom is 0.254 e. The smallest absolute Gasteiger partial charge is 0.254 e. The summed E-state index contributed by atoms with van der Waals surface area (Å²) in [6, 6.07) is 11.6. The third-order valence-electron chi connectivity index (χ3n) is 2.40. The van der Waals surface area contributed by atoms with Crippen LogP contribution in [0, 0.1) is 0 Å². The van der Waals surface area contributed by atoms with Crippen LogP contribution in [-0.2, 0) is 6.54 Å². The number of hydrogen-bond donors (Lipinski definition) is 1. The van der Waals surface area contributed by atoms with Crippen LogP contribution < -0.4 is 10.3 Å². The predicted molar refractivity (Wildman–Crippen MR) is 68.4 cm³/mol. The van der Waals surface area contributed by atoms with Gasteiger partial charge in [0.1, 0.15) is 5.56 Å². The van der Waals surface area contributed by atoms with Crippen LogP contribution >= 0.6 is 15.9 Å². The fourth-order valence-corrected chi connectivity index (χ4v) is 2.06. The zero-order valence-electron chi connectivity index (χ0n) is 9.14. The molecule has 0 atom stereocenters. The summed E-state index contributed by atoms with van der Waals surface area (Å²) in [5.41, 5.74) is 6.91. The Morgan fingerprint density at radius 2 is 2.12 bits per heavy atom. The van der Waals surface area contributed by atoms with E-state index in [0.29, 0.717) is 12.1 Å². The Kier molecular flexibility index (Phi) is 3.54. The second kappa shape index (κ2) is 5.10. The van der Waals surface area contributed by atoms with E-state index in [-0.39, 0.29) is 0 Å². The zero-order chi connectivity index (χ0) is 12.3. The first-order valence-electron chi connectivity index (χ1n) is 5.18. The van der Waals surface area contributed by atoms with Crippen molar-refractivity contribution >= 4 is 21.8 Å². The lowest BCUT2D eigenvalue weighted by Crippen LogP contribution is -2.35. The van der Waals surface area contributed by atoms with E-state index in [1.807, 2.05) is 41.1 Å². The first-order valence-corrected chi connectivity index (χ1v) is 5.98. The van der Waals surface area contributed by atoms with Crippen molar-refractivity contribution in [1.82, 2.24) is 0 Å². The molecule has 86 valence electrons. The normalized spacial score (nSPS) is 10.2. The topological polar surface area (TPSA) is 47.0 Å². The summed E-state index contributed by atoms with van der Waals surface area (Å²) in [5, 5.41) is 0. The van der Waals surface area contributed by atoms with E-state index in [1.165, 1.54) is 0 Å². The SMILES string of the molecule is NC(=O)c1ccc[n+](Cc2cccc(Br)c2)c1. The van der Waals surface area contributed by atoms with E-state index in [4.69, 9.17) is 5.73 Å². The van der Waals surface area contributed by atoms with Crippen molar-refractivity contribution in [3.63, 3.8) is 0 Å². The third kappa shape index (κ3) is 3.14. The molecule has 2 aromatic rings. The van der Waals surface area contributed by atoms with E-state index in [1.54, 1.807) is 12.3 Å². The average Bonchev–Trinajstić information content (AvgIpc) is 2.29. The van der Waals surface area contributed by atoms with Crippen molar-refractivity contribution in [3.05, 3.63) is 64.4 Å². The number of nitrogens with two attached hydrogens (primary N) is 1. The number of carbonyl (C=O) groups excluding carboxylic acids is 1. The van der Waals surface area contributed by atoms with Crippen LogP contribution in [0.1, 0.15) is 15.9 Å². The second-order valence-electron chi connectivity index (χ2n) is 3.76. The van der Waals surface area contributed by atoms with Gasteiger partial charge in [-0.1, -0.05) is 28.1 Å². The van der Waals surface area contributed by atoms with Crippen LogP contribution in [0.15, 0.2) is 53.3 Å². The molecule has 1 amide bonds. The lowest BCUT2D eigenvalue weighted by molar-refractivity contribution is -0.688. The molecule has 0 saturated carbocycles. The maximum absolute atomic E-state index is 11.1. The Morgan fingerprint density at radius 1 is 1.29 bits per heavy atom. The number of aromatic nitrogens is 1. The minimum Gasteiger partial charge on any atom is -0.365 e. The molecular formula is C13H12BrN2O+. The molecule has 0 spiro atoms. The van der Waals surface area contributed by atoms with Crippen LogP contribution in [0.25, 0.3) is 0 Å². The van der Waals surface area contributed by atoms with Crippen molar-refractivity contribution in [1.29, 1.82) is 0 Å². The standard InChI is InChI=1S/C13H11BrN2O/c14-12-5-1-3-10(7-12)8-16-6-2-4-11(9-16)13(15)17/h1-7,9H,8H2,(H-,15,17)/p+1. The summed E-state index contributed by atoms with van der Waals surface area (Å²) >= 11 is 3.43. The van der Waals surface area contributed by atoms with Crippen molar-refractivity contribution in [2.24, 2.45) is 5.73 Å². The molecular weight excluding hydrogens is 280 g/mol. The Balaban J connectivity index is 2.24. The number of primary amides is 1. The molecule has 0 aliphatic rings. The van der Waals surface area contributed by atoms with Crippen molar-refractivity contribution in [2.75, 3.05) is 0 Å².